The summed E-state index contributed by atoms with van der Waals surface area (Å²) in [4.78, 5) is 22.5. The van der Waals surface area contributed by atoms with Gasteiger partial charge in [-0.25, -0.2) is 4.79 Å². The van der Waals surface area contributed by atoms with E-state index in [1.807, 2.05) is 19.9 Å². The van der Waals surface area contributed by atoms with E-state index >= 15 is 0 Å². The SMILES string of the molecule is CC(=O)c1ccc(NC(=O)N/C=C/C(C)C)cc1. The van der Waals surface area contributed by atoms with Crippen LogP contribution < -0.4 is 10.6 Å². The van der Waals surface area contributed by atoms with E-state index in [1.54, 1.807) is 30.5 Å². The summed E-state index contributed by atoms with van der Waals surface area (Å²) in [7, 11) is 0. The summed E-state index contributed by atoms with van der Waals surface area (Å²) < 4.78 is 0. The number of amides is 2. The van der Waals surface area contributed by atoms with Gasteiger partial charge in [-0.05, 0) is 37.1 Å². The molecule has 0 aliphatic carbocycles. The largest absolute Gasteiger partial charge is 0.323 e. The molecule has 2 amide bonds. The van der Waals surface area contributed by atoms with Gasteiger partial charge in [0, 0.05) is 17.5 Å². The highest BCUT2D eigenvalue weighted by Gasteiger charge is 2.01. The summed E-state index contributed by atoms with van der Waals surface area (Å²) in [5.41, 5.74) is 1.27. The normalized spacial score (nSPS) is 10.7. The van der Waals surface area contributed by atoms with Crippen LogP contribution in [-0.2, 0) is 0 Å². The first-order valence-electron chi connectivity index (χ1n) is 5.84. The van der Waals surface area contributed by atoms with Crippen LogP contribution in [0.15, 0.2) is 36.5 Å². The average Bonchev–Trinajstić information content (AvgIpc) is 2.29. The number of benzene rings is 1. The van der Waals surface area contributed by atoms with Gasteiger partial charge in [0.1, 0.15) is 0 Å². The monoisotopic (exact) mass is 246 g/mol. The third-order valence-electron chi connectivity index (χ3n) is 2.24. The molecule has 0 aliphatic rings. The molecule has 1 aromatic carbocycles. The van der Waals surface area contributed by atoms with E-state index < -0.39 is 0 Å². The molecule has 18 heavy (non-hydrogen) atoms. The number of rotatable bonds is 4. The van der Waals surface area contributed by atoms with E-state index in [9.17, 15) is 9.59 Å². The maximum absolute atomic E-state index is 11.5. The number of ketones is 1. The molecule has 0 unspecified atom stereocenters. The Balaban J connectivity index is 2.52. The van der Waals surface area contributed by atoms with Crippen molar-refractivity contribution in [3.05, 3.63) is 42.1 Å². The van der Waals surface area contributed by atoms with Crippen LogP contribution in [0.5, 0.6) is 0 Å². The van der Waals surface area contributed by atoms with Crippen molar-refractivity contribution in [3.8, 4) is 0 Å². The van der Waals surface area contributed by atoms with Crippen molar-refractivity contribution in [1.29, 1.82) is 0 Å². The minimum Gasteiger partial charge on any atom is -0.315 e. The summed E-state index contributed by atoms with van der Waals surface area (Å²) >= 11 is 0. The standard InChI is InChI=1S/C14H18N2O2/c1-10(2)8-9-15-14(18)16-13-6-4-12(5-7-13)11(3)17/h4-10H,1-3H3,(H2,15,16,18)/b9-8+. The van der Waals surface area contributed by atoms with Crippen molar-refractivity contribution >= 4 is 17.5 Å². The maximum Gasteiger partial charge on any atom is 0.323 e. The predicted molar refractivity (Wildman–Crippen MR) is 72.6 cm³/mol. The molecular weight excluding hydrogens is 228 g/mol. The Bertz CT molecular complexity index is 447. The third kappa shape index (κ3) is 4.82. The van der Waals surface area contributed by atoms with Gasteiger partial charge in [-0.1, -0.05) is 19.9 Å². The van der Waals surface area contributed by atoms with Gasteiger partial charge in [0.25, 0.3) is 0 Å². The minimum absolute atomic E-state index is 0.00543. The van der Waals surface area contributed by atoms with Gasteiger partial charge in [0.15, 0.2) is 5.78 Å². The first-order chi connectivity index (χ1) is 8.49. The number of anilines is 1. The summed E-state index contributed by atoms with van der Waals surface area (Å²) in [6, 6.07) is 6.46. The fourth-order valence-corrected chi connectivity index (χ4v) is 1.27. The zero-order valence-electron chi connectivity index (χ0n) is 10.9. The van der Waals surface area contributed by atoms with Gasteiger partial charge in [-0.3, -0.25) is 4.79 Å². The zero-order valence-corrected chi connectivity index (χ0v) is 10.9. The van der Waals surface area contributed by atoms with E-state index in [0.717, 1.165) is 0 Å². The molecule has 0 atom stereocenters. The van der Waals surface area contributed by atoms with E-state index in [4.69, 9.17) is 0 Å². The summed E-state index contributed by atoms with van der Waals surface area (Å²) in [6.45, 7) is 5.55. The molecule has 0 spiro atoms. The highest BCUT2D eigenvalue weighted by molar-refractivity contribution is 5.95. The van der Waals surface area contributed by atoms with Gasteiger partial charge >= 0.3 is 6.03 Å². The van der Waals surface area contributed by atoms with Gasteiger partial charge < -0.3 is 10.6 Å². The highest BCUT2D eigenvalue weighted by atomic mass is 16.2. The molecule has 1 rings (SSSR count). The van der Waals surface area contributed by atoms with Crippen molar-refractivity contribution in [2.24, 2.45) is 5.92 Å². The second-order valence-corrected chi connectivity index (χ2v) is 4.34. The van der Waals surface area contributed by atoms with Crippen LogP contribution in [0.25, 0.3) is 0 Å². The van der Waals surface area contributed by atoms with Crippen LogP contribution in [-0.4, -0.2) is 11.8 Å². The van der Waals surface area contributed by atoms with Crippen LogP contribution in [0.4, 0.5) is 10.5 Å². The summed E-state index contributed by atoms with van der Waals surface area (Å²) in [6.07, 6.45) is 3.50. The number of urea groups is 1. The van der Waals surface area contributed by atoms with Crippen LogP contribution in [0.1, 0.15) is 31.1 Å². The molecule has 0 aromatic heterocycles. The molecule has 2 N–H and O–H groups in total. The molecule has 4 nitrogen and oxygen atoms in total. The quantitative estimate of drug-likeness (QED) is 0.801. The Morgan fingerprint density at radius 3 is 2.28 bits per heavy atom. The molecule has 0 heterocycles. The molecule has 0 saturated heterocycles. The van der Waals surface area contributed by atoms with Gasteiger partial charge in [-0.15, -0.1) is 0 Å². The van der Waals surface area contributed by atoms with Gasteiger partial charge in [0.05, 0.1) is 0 Å². The average molecular weight is 246 g/mol. The van der Waals surface area contributed by atoms with E-state index in [1.165, 1.54) is 6.92 Å². The third-order valence-corrected chi connectivity index (χ3v) is 2.24. The molecule has 0 radical (unpaired) electrons. The fourth-order valence-electron chi connectivity index (χ4n) is 1.27. The maximum atomic E-state index is 11.5. The minimum atomic E-state index is -0.303. The molecule has 0 saturated carbocycles. The van der Waals surface area contributed by atoms with Gasteiger partial charge in [-0.2, -0.15) is 0 Å². The van der Waals surface area contributed by atoms with Crippen LogP contribution in [0.3, 0.4) is 0 Å². The van der Waals surface area contributed by atoms with Gasteiger partial charge in [0.2, 0.25) is 0 Å². The van der Waals surface area contributed by atoms with E-state index in [2.05, 4.69) is 10.6 Å². The first-order valence-corrected chi connectivity index (χ1v) is 5.84. The first kappa shape index (κ1) is 14.0. The lowest BCUT2D eigenvalue weighted by Crippen LogP contribution is -2.23. The topological polar surface area (TPSA) is 58.2 Å². The highest BCUT2D eigenvalue weighted by Crippen LogP contribution is 2.09. The lowest BCUT2D eigenvalue weighted by atomic mass is 10.1. The Labute approximate surface area is 107 Å². The second kappa shape index (κ2) is 6.59. The summed E-state index contributed by atoms with van der Waals surface area (Å²) in [5.74, 6) is 0.394. The zero-order chi connectivity index (χ0) is 13.5. The number of carbonyl (C=O) groups excluding carboxylic acids is 2. The molecule has 0 bridgehead atoms. The molecular formula is C14H18N2O2. The Kier molecular flexibility index (Phi) is 5.11. The molecule has 96 valence electrons. The molecule has 0 aliphatic heterocycles. The molecule has 0 fully saturated rings. The van der Waals surface area contributed by atoms with Crippen LogP contribution in [0.2, 0.25) is 0 Å². The lowest BCUT2D eigenvalue weighted by molar-refractivity contribution is 0.101. The van der Waals surface area contributed by atoms with Crippen molar-refractivity contribution in [2.75, 3.05) is 5.32 Å². The fraction of sp³-hybridized carbons (Fsp3) is 0.286. The number of carbonyl (C=O) groups is 2. The Morgan fingerprint density at radius 2 is 1.78 bits per heavy atom. The number of allylic oxidation sites excluding steroid dienone is 1. The Hall–Kier alpha value is -2.10. The van der Waals surface area contributed by atoms with Crippen molar-refractivity contribution in [3.63, 3.8) is 0 Å². The smallest absolute Gasteiger partial charge is 0.315 e. The van der Waals surface area contributed by atoms with Crippen molar-refractivity contribution < 1.29 is 9.59 Å². The summed E-state index contributed by atoms with van der Waals surface area (Å²) in [5, 5.41) is 5.27. The number of Topliss-reactive ketones (excluding diaryl/α,β-unsaturated/α-hetero) is 1. The lowest BCUT2D eigenvalue weighted by Gasteiger charge is -2.05. The molecule has 4 heteroatoms. The van der Waals surface area contributed by atoms with Crippen LogP contribution in [0, 0.1) is 5.92 Å². The molecule has 1 aromatic rings. The predicted octanol–water partition coefficient (Wildman–Crippen LogP) is 3.18. The van der Waals surface area contributed by atoms with Crippen molar-refractivity contribution in [2.45, 2.75) is 20.8 Å². The van der Waals surface area contributed by atoms with E-state index in [0.29, 0.717) is 17.2 Å². The van der Waals surface area contributed by atoms with Crippen molar-refractivity contribution in [1.82, 2.24) is 5.32 Å². The van der Waals surface area contributed by atoms with E-state index in [-0.39, 0.29) is 11.8 Å². The number of hydrogen-bond donors (Lipinski definition) is 2. The van der Waals surface area contributed by atoms with Crippen LogP contribution >= 0.6 is 0 Å². The Morgan fingerprint density at radius 1 is 1.17 bits per heavy atom. The number of nitrogens with one attached hydrogen (secondary N) is 2. The number of hydrogen-bond acceptors (Lipinski definition) is 2. The second-order valence-electron chi connectivity index (χ2n) is 4.34.